The molecule has 1 aromatic heterocycles. The molecule has 124 valence electrons. The van der Waals surface area contributed by atoms with Crippen LogP contribution >= 0.6 is 0 Å². The summed E-state index contributed by atoms with van der Waals surface area (Å²) >= 11 is 0. The molecule has 0 aliphatic carbocycles. The third-order valence-electron chi connectivity index (χ3n) is 3.58. The largest absolute Gasteiger partial charge is 0.379 e. The molecule has 1 aliphatic rings. The van der Waals surface area contributed by atoms with Crippen molar-refractivity contribution in [3.63, 3.8) is 0 Å². The average Bonchev–Trinajstić information content (AvgIpc) is 3.01. The molecule has 8 nitrogen and oxygen atoms in total. The van der Waals surface area contributed by atoms with Crippen LogP contribution in [0.1, 0.15) is 19.7 Å². The van der Waals surface area contributed by atoms with Crippen molar-refractivity contribution in [3.05, 3.63) is 12.2 Å². The summed E-state index contributed by atoms with van der Waals surface area (Å²) in [5.74, 6) is 1.70. The van der Waals surface area contributed by atoms with Crippen LogP contribution in [0.15, 0.2) is 11.3 Å². The van der Waals surface area contributed by atoms with Crippen LogP contribution in [0.25, 0.3) is 0 Å². The molecule has 1 aromatic rings. The molecule has 0 bridgehead atoms. The zero-order chi connectivity index (χ0) is 15.6. The molecule has 0 spiro atoms. The molecule has 1 saturated heterocycles. The first-order valence-electron chi connectivity index (χ1n) is 8.02. The molecular formula is C14H27N7O. The van der Waals surface area contributed by atoms with Crippen LogP contribution in [-0.2, 0) is 17.8 Å². The van der Waals surface area contributed by atoms with Gasteiger partial charge >= 0.3 is 0 Å². The molecule has 2 rings (SSSR count). The molecule has 22 heavy (non-hydrogen) atoms. The molecule has 0 radical (unpaired) electrons. The van der Waals surface area contributed by atoms with Crippen molar-refractivity contribution in [2.45, 2.75) is 26.9 Å². The lowest BCUT2D eigenvalue weighted by Gasteiger charge is -2.26. The first-order valence-corrected chi connectivity index (χ1v) is 8.02. The predicted octanol–water partition coefficient (Wildman–Crippen LogP) is -0.315. The van der Waals surface area contributed by atoms with E-state index in [0.29, 0.717) is 6.54 Å². The number of aromatic nitrogens is 3. The number of rotatable bonds is 7. The second kappa shape index (κ2) is 9.37. The molecule has 0 amide bonds. The highest BCUT2D eigenvalue weighted by atomic mass is 16.5. The minimum absolute atomic E-state index is 0.528. The lowest BCUT2D eigenvalue weighted by atomic mass is 10.4. The highest BCUT2D eigenvalue weighted by Gasteiger charge is 2.09. The number of aryl methyl sites for hydroxylation is 1. The number of hydrogen-bond donors (Lipinski definition) is 2. The van der Waals surface area contributed by atoms with Crippen LogP contribution in [0.3, 0.4) is 0 Å². The summed E-state index contributed by atoms with van der Waals surface area (Å²) in [5, 5.41) is 14.7. The summed E-state index contributed by atoms with van der Waals surface area (Å²) in [4.78, 5) is 6.97. The molecule has 0 saturated carbocycles. The fourth-order valence-electron chi connectivity index (χ4n) is 2.31. The fourth-order valence-corrected chi connectivity index (χ4v) is 2.31. The first kappa shape index (κ1) is 16.7. The van der Waals surface area contributed by atoms with Gasteiger partial charge in [-0.1, -0.05) is 0 Å². The van der Waals surface area contributed by atoms with Gasteiger partial charge in [0.2, 0.25) is 0 Å². The van der Waals surface area contributed by atoms with Crippen molar-refractivity contribution >= 4 is 5.96 Å². The van der Waals surface area contributed by atoms with Crippen LogP contribution in [0.5, 0.6) is 0 Å². The number of morpholine rings is 1. The fraction of sp³-hybridized carbons (Fsp3) is 0.786. The average molecular weight is 309 g/mol. The van der Waals surface area contributed by atoms with Crippen molar-refractivity contribution in [2.24, 2.45) is 4.99 Å². The highest BCUT2D eigenvalue weighted by Crippen LogP contribution is 1.97. The van der Waals surface area contributed by atoms with E-state index in [1.54, 1.807) is 6.33 Å². The summed E-state index contributed by atoms with van der Waals surface area (Å²) in [6, 6.07) is 0. The summed E-state index contributed by atoms with van der Waals surface area (Å²) in [6.45, 7) is 11.9. The molecule has 1 fully saturated rings. The van der Waals surface area contributed by atoms with Crippen LogP contribution in [0.4, 0.5) is 0 Å². The standard InChI is InChI=1S/C14H27N7O/c1-3-15-14(16-5-6-20-7-9-22-10-8-20)17-11-13-19-18-12-21(13)4-2/h12H,3-11H2,1-2H3,(H2,15,16,17). The van der Waals surface area contributed by atoms with Crippen molar-refractivity contribution in [2.75, 3.05) is 45.9 Å². The van der Waals surface area contributed by atoms with Gasteiger partial charge < -0.3 is 19.9 Å². The second-order valence-electron chi connectivity index (χ2n) is 5.11. The third kappa shape index (κ3) is 5.27. The number of hydrogen-bond acceptors (Lipinski definition) is 5. The molecule has 8 heteroatoms. The van der Waals surface area contributed by atoms with Gasteiger partial charge in [0, 0.05) is 39.3 Å². The Bertz CT molecular complexity index is 454. The summed E-state index contributed by atoms with van der Waals surface area (Å²) < 4.78 is 7.35. The quantitative estimate of drug-likeness (QED) is 0.531. The number of nitrogens with one attached hydrogen (secondary N) is 2. The number of ether oxygens (including phenoxy) is 1. The Hall–Kier alpha value is -1.67. The summed E-state index contributed by atoms with van der Waals surface area (Å²) in [5.41, 5.74) is 0. The van der Waals surface area contributed by atoms with Crippen LogP contribution in [0.2, 0.25) is 0 Å². The van der Waals surface area contributed by atoms with Crippen molar-refractivity contribution in [1.82, 2.24) is 30.3 Å². The summed E-state index contributed by atoms with van der Waals surface area (Å²) in [7, 11) is 0. The minimum atomic E-state index is 0.528. The first-order chi connectivity index (χ1) is 10.8. The van der Waals surface area contributed by atoms with Crippen molar-refractivity contribution in [1.29, 1.82) is 0 Å². The van der Waals surface area contributed by atoms with Crippen molar-refractivity contribution < 1.29 is 4.74 Å². The van der Waals surface area contributed by atoms with E-state index in [1.807, 2.05) is 4.57 Å². The van der Waals surface area contributed by atoms with E-state index in [0.717, 1.165) is 64.3 Å². The van der Waals surface area contributed by atoms with E-state index in [-0.39, 0.29) is 0 Å². The van der Waals surface area contributed by atoms with Crippen LogP contribution < -0.4 is 10.6 Å². The Morgan fingerprint density at radius 2 is 2.14 bits per heavy atom. The van der Waals surface area contributed by atoms with Gasteiger partial charge in [0.05, 0.1) is 13.2 Å². The van der Waals surface area contributed by atoms with Gasteiger partial charge in [0.1, 0.15) is 12.9 Å². The lowest BCUT2D eigenvalue weighted by Crippen LogP contribution is -2.44. The van der Waals surface area contributed by atoms with E-state index in [4.69, 9.17) is 4.74 Å². The van der Waals surface area contributed by atoms with Gasteiger partial charge in [-0.3, -0.25) is 4.90 Å². The van der Waals surface area contributed by atoms with E-state index in [2.05, 4.69) is 44.6 Å². The number of nitrogens with zero attached hydrogens (tertiary/aromatic N) is 5. The highest BCUT2D eigenvalue weighted by molar-refractivity contribution is 5.79. The third-order valence-corrected chi connectivity index (χ3v) is 3.58. The van der Waals surface area contributed by atoms with E-state index >= 15 is 0 Å². The Morgan fingerprint density at radius 3 is 2.86 bits per heavy atom. The molecule has 2 N–H and O–H groups in total. The number of aliphatic imine (C=N–C) groups is 1. The zero-order valence-corrected chi connectivity index (χ0v) is 13.6. The van der Waals surface area contributed by atoms with Gasteiger partial charge in [-0.25, -0.2) is 4.99 Å². The smallest absolute Gasteiger partial charge is 0.191 e. The number of guanidine groups is 1. The summed E-state index contributed by atoms with van der Waals surface area (Å²) in [6.07, 6.45) is 1.74. The Morgan fingerprint density at radius 1 is 1.32 bits per heavy atom. The SMILES string of the molecule is CCNC(=NCc1nncn1CC)NCCN1CCOCC1. The second-order valence-corrected chi connectivity index (χ2v) is 5.11. The van der Waals surface area contributed by atoms with Gasteiger partial charge in [0.25, 0.3) is 0 Å². The van der Waals surface area contributed by atoms with Gasteiger partial charge in [-0.05, 0) is 13.8 Å². The molecular weight excluding hydrogens is 282 g/mol. The Balaban J connectivity index is 1.79. The maximum Gasteiger partial charge on any atom is 0.191 e. The maximum absolute atomic E-state index is 5.35. The van der Waals surface area contributed by atoms with Gasteiger partial charge in [-0.15, -0.1) is 10.2 Å². The molecule has 1 aliphatic heterocycles. The lowest BCUT2D eigenvalue weighted by molar-refractivity contribution is 0.0389. The minimum Gasteiger partial charge on any atom is -0.379 e. The van der Waals surface area contributed by atoms with E-state index in [1.165, 1.54) is 0 Å². The van der Waals surface area contributed by atoms with Crippen molar-refractivity contribution in [3.8, 4) is 0 Å². The predicted molar refractivity (Wildman–Crippen MR) is 85.8 cm³/mol. The molecule has 0 atom stereocenters. The zero-order valence-electron chi connectivity index (χ0n) is 13.6. The van der Waals surface area contributed by atoms with Crippen LogP contribution in [-0.4, -0.2) is 71.6 Å². The Kier molecular flexibility index (Phi) is 7.11. The topological polar surface area (TPSA) is 79.6 Å². The van der Waals surface area contributed by atoms with E-state index in [9.17, 15) is 0 Å². The monoisotopic (exact) mass is 309 g/mol. The maximum atomic E-state index is 5.35. The van der Waals surface area contributed by atoms with Gasteiger partial charge in [-0.2, -0.15) is 0 Å². The molecule has 2 heterocycles. The van der Waals surface area contributed by atoms with Gasteiger partial charge in [0.15, 0.2) is 11.8 Å². The van der Waals surface area contributed by atoms with Crippen LogP contribution in [0, 0.1) is 0 Å². The van der Waals surface area contributed by atoms with E-state index < -0.39 is 0 Å². The molecule has 0 aromatic carbocycles. The normalized spacial score (nSPS) is 16.7. The Labute approximate surface area is 132 Å². The molecule has 0 unspecified atom stereocenters.